The largest absolute Gasteiger partial charge is 0.310 e. The van der Waals surface area contributed by atoms with Gasteiger partial charge in [0.05, 0.1) is 16.6 Å². The van der Waals surface area contributed by atoms with Crippen molar-refractivity contribution in [3.05, 3.63) is 247 Å². The van der Waals surface area contributed by atoms with Crippen molar-refractivity contribution in [3.8, 4) is 22.3 Å². The number of aromatic nitrogens is 1. The molecule has 2 aromatic heterocycles. The number of hydrogen-bond acceptors (Lipinski definition) is 2. The Kier molecular flexibility index (Phi) is 8.19. The molecular formula is C68H49N3. The van der Waals surface area contributed by atoms with Crippen molar-refractivity contribution < 1.29 is 0 Å². The normalized spacial score (nSPS) is 14.1. The Balaban J connectivity index is 0.968. The second-order valence-electron chi connectivity index (χ2n) is 20.9. The lowest BCUT2D eigenvalue weighted by Crippen LogP contribution is -2.16. The molecule has 3 nitrogen and oxygen atoms in total. The predicted octanol–water partition coefficient (Wildman–Crippen LogP) is 18.7. The van der Waals surface area contributed by atoms with E-state index in [1.165, 1.54) is 104 Å². The van der Waals surface area contributed by atoms with E-state index in [1.54, 1.807) is 0 Å². The zero-order valence-electron chi connectivity index (χ0n) is 40.2. The zero-order valence-corrected chi connectivity index (χ0v) is 40.2. The van der Waals surface area contributed by atoms with Gasteiger partial charge in [0, 0.05) is 66.5 Å². The molecule has 0 unspecified atom stereocenters. The summed E-state index contributed by atoms with van der Waals surface area (Å²) in [5.74, 6) is 0. The van der Waals surface area contributed by atoms with Gasteiger partial charge in [-0.1, -0.05) is 167 Å². The van der Waals surface area contributed by atoms with Crippen molar-refractivity contribution in [2.24, 2.45) is 0 Å². The van der Waals surface area contributed by atoms with Crippen molar-refractivity contribution in [2.75, 3.05) is 9.80 Å². The predicted molar refractivity (Wildman–Crippen MR) is 301 cm³/mol. The van der Waals surface area contributed by atoms with Crippen LogP contribution in [0.1, 0.15) is 49.9 Å². The molecule has 2 aliphatic carbocycles. The van der Waals surface area contributed by atoms with Crippen LogP contribution in [0.15, 0.2) is 224 Å². The van der Waals surface area contributed by atoms with E-state index in [2.05, 4.69) is 266 Å². The number of benzene rings is 11. The van der Waals surface area contributed by atoms with Crippen LogP contribution >= 0.6 is 0 Å². The molecule has 0 amide bonds. The van der Waals surface area contributed by atoms with Crippen LogP contribution in [0.4, 0.5) is 34.1 Å². The van der Waals surface area contributed by atoms with E-state index in [-0.39, 0.29) is 10.8 Å². The third-order valence-corrected chi connectivity index (χ3v) is 16.4. The Bertz CT molecular complexity index is 4350. The summed E-state index contributed by atoms with van der Waals surface area (Å²) in [7, 11) is 0. The summed E-state index contributed by atoms with van der Waals surface area (Å²) < 4.78 is 2.57. The van der Waals surface area contributed by atoms with Gasteiger partial charge in [-0.2, -0.15) is 0 Å². The molecule has 3 heteroatoms. The second kappa shape index (κ2) is 14.4. The molecule has 336 valence electrons. The van der Waals surface area contributed by atoms with Gasteiger partial charge in [0.1, 0.15) is 0 Å². The van der Waals surface area contributed by atoms with E-state index >= 15 is 0 Å². The minimum atomic E-state index is -0.119. The average molecular weight is 908 g/mol. The smallest absolute Gasteiger partial charge is 0.0627 e. The Labute approximate surface area is 413 Å². The van der Waals surface area contributed by atoms with Crippen molar-refractivity contribution >= 4 is 93.8 Å². The summed E-state index contributed by atoms with van der Waals surface area (Å²) in [4.78, 5) is 4.90. The number of hydrogen-bond donors (Lipinski definition) is 0. The molecule has 0 N–H and O–H groups in total. The first-order chi connectivity index (χ1) is 34.7. The van der Waals surface area contributed by atoms with Gasteiger partial charge in [-0.05, 0) is 151 Å². The summed E-state index contributed by atoms with van der Waals surface area (Å²) in [6, 6.07) is 84.1. The fourth-order valence-electron chi connectivity index (χ4n) is 13.1. The maximum absolute atomic E-state index is 2.57. The number of fused-ring (bicyclic) bond motifs is 16. The number of nitrogens with zero attached hydrogens (tertiary/aromatic N) is 3. The standard InChI is InChI=1S/C68H49N3/c1-67(2)58-25-15-13-23-51(58)53-33-30-47(39-60(53)67)69(44-18-7-5-8-19-44)46-29-27-43-37-57-55-35-32-49(41-63(55)71-62-36-28-42-17-11-12-22-50(42)64(62)65(66(57)71)56(43)38-46)70(45-20-9-6-10-21-45)48-31-34-54-52-24-14-16-26-59(52)68(3,4)61(54)40-48/h5-41H,1-4H3. The average Bonchev–Trinajstić information content (AvgIpc) is 4.09. The summed E-state index contributed by atoms with van der Waals surface area (Å²) in [5, 5.41) is 10.1. The second-order valence-corrected chi connectivity index (χ2v) is 20.9. The van der Waals surface area contributed by atoms with E-state index in [0.29, 0.717) is 0 Å². The highest BCUT2D eigenvalue weighted by Crippen LogP contribution is 2.54. The first kappa shape index (κ1) is 40.2. The molecule has 0 radical (unpaired) electrons. The summed E-state index contributed by atoms with van der Waals surface area (Å²) in [5.41, 5.74) is 21.1. The third-order valence-electron chi connectivity index (χ3n) is 16.4. The van der Waals surface area contributed by atoms with Gasteiger partial charge < -0.3 is 14.2 Å². The van der Waals surface area contributed by atoms with Gasteiger partial charge in [-0.25, -0.2) is 0 Å². The molecular weight excluding hydrogens is 859 g/mol. The van der Waals surface area contributed by atoms with Crippen LogP contribution < -0.4 is 9.80 Å². The lowest BCUT2D eigenvalue weighted by atomic mass is 9.82. The molecule has 71 heavy (non-hydrogen) atoms. The van der Waals surface area contributed by atoms with E-state index in [1.807, 2.05) is 0 Å². The lowest BCUT2D eigenvalue weighted by molar-refractivity contribution is 0.660. The Morgan fingerprint density at radius 1 is 0.296 bits per heavy atom. The maximum Gasteiger partial charge on any atom is 0.0627 e. The van der Waals surface area contributed by atoms with Gasteiger partial charge in [0.25, 0.3) is 0 Å². The highest BCUT2D eigenvalue weighted by Gasteiger charge is 2.37. The zero-order chi connectivity index (χ0) is 47.3. The fourth-order valence-corrected chi connectivity index (χ4v) is 13.1. The van der Waals surface area contributed by atoms with Crippen LogP contribution in [0.3, 0.4) is 0 Å². The summed E-state index contributed by atoms with van der Waals surface area (Å²) in [6.45, 7) is 9.47. The van der Waals surface area contributed by atoms with E-state index in [9.17, 15) is 0 Å². The first-order valence-corrected chi connectivity index (χ1v) is 25.0. The Hall–Kier alpha value is -8.66. The third kappa shape index (κ3) is 5.55. The van der Waals surface area contributed by atoms with E-state index in [0.717, 1.165) is 34.1 Å². The highest BCUT2D eigenvalue weighted by atomic mass is 15.1. The van der Waals surface area contributed by atoms with Crippen LogP contribution in [0, 0.1) is 0 Å². The first-order valence-electron chi connectivity index (χ1n) is 25.0. The van der Waals surface area contributed by atoms with E-state index in [4.69, 9.17) is 0 Å². The molecule has 0 fully saturated rings. The molecule has 2 aliphatic rings. The fraction of sp³-hybridized carbons (Fsp3) is 0.0882. The van der Waals surface area contributed by atoms with Gasteiger partial charge >= 0.3 is 0 Å². The van der Waals surface area contributed by atoms with Crippen LogP contribution in [0.5, 0.6) is 0 Å². The van der Waals surface area contributed by atoms with Gasteiger partial charge in [-0.3, -0.25) is 0 Å². The maximum atomic E-state index is 2.57. The SMILES string of the molecule is CC1(C)c2ccccc2-c2ccc(N(c3ccccc3)c3ccc4cc5c6ccc(N(c7ccccc7)c7ccc8c(c7)C(C)(C)c7ccccc7-8)cc6n6c7ccc8ccccc8c7c(c4c3)c56)cc21. The summed E-state index contributed by atoms with van der Waals surface area (Å²) in [6.07, 6.45) is 0. The van der Waals surface area contributed by atoms with Crippen molar-refractivity contribution in [1.82, 2.24) is 4.40 Å². The molecule has 0 saturated heterocycles. The highest BCUT2D eigenvalue weighted by molar-refractivity contribution is 6.35. The summed E-state index contributed by atoms with van der Waals surface area (Å²) >= 11 is 0. The van der Waals surface area contributed by atoms with Gasteiger partial charge in [0.15, 0.2) is 0 Å². The molecule has 0 spiro atoms. The van der Waals surface area contributed by atoms with Crippen LogP contribution in [0.25, 0.3) is 81.9 Å². The molecule has 0 atom stereocenters. The number of para-hydroxylation sites is 2. The molecule has 13 aromatic rings. The van der Waals surface area contributed by atoms with Gasteiger partial charge in [-0.15, -0.1) is 0 Å². The van der Waals surface area contributed by atoms with Crippen molar-refractivity contribution in [3.63, 3.8) is 0 Å². The number of rotatable bonds is 6. The minimum Gasteiger partial charge on any atom is -0.310 e. The molecule has 0 aliphatic heterocycles. The molecule has 11 aromatic carbocycles. The van der Waals surface area contributed by atoms with Gasteiger partial charge in [0.2, 0.25) is 0 Å². The lowest BCUT2D eigenvalue weighted by Gasteiger charge is -2.28. The van der Waals surface area contributed by atoms with Crippen LogP contribution in [-0.4, -0.2) is 4.40 Å². The van der Waals surface area contributed by atoms with Crippen molar-refractivity contribution in [1.29, 1.82) is 0 Å². The monoisotopic (exact) mass is 907 g/mol. The molecule has 0 bridgehead atoms. The number of anilines is 6. The molecule has 2 heterocycles. The Morgan fingerprint density at radius 3 is 1.42 bits per heavy atom. The van der Waals surface area contributed by atoms with Crippen molar-refractivity contribution in [2.45, 2.75) is 38.5 Å². The molecule has 15 rings (SSSR count). The Morgan fingerprint density at radius 2 is 0.789 bits per heavy atom. The van der Waals surface area contributed by atoms with E-state index < -0.39 is 0 Å². The topological polar surface area (TPSA) is 10.9 Å². The molecule has 0 saturated carbocycles. The van der Waals surface area contributed by atoms with Crippen LogP contribution in [0.2, 0.25) is 0 Å². The minimum absolute atomic E-state index is 0.118. The quantitative estimate of drug-likeness (QED) is 0.165. The van der Waals surface area contributed by atoms with Crippen LogP contribution in [-0.2, 0) is 10.8 Å².